The van der Waals surface area contributed by atoms with Crippen molar-refractivity contribution in [2.45, 2.75) is 19.4 Å². The fraction of sp³-hybridized carbons (Fsp3) is 0.421. The first-order chi connectivity index (χ1) is 12.1. The van der Waals surface area contributed by atoms with E-state index in [1.165, 1.54) is 6.33 Å². The van der Waals surface area contributed by atoms with Gasteiger partial charge in [-0.1, -0.05) is 30.3 Å². The van der Waals surface area contributed by atoms with E-state index >= 15 is 0 Å². The van der Waals surface area contributed by atoms with Crippen molar-refractivity contribution < 1.29 is 4.79 Å². The van der Waals surface area contributed by atoms with Gasteiger partial charge in [0.1, 0.15) is 18.2 Å². The molecule has 1 saturated heterocycles. The van der Waals surface area contributed by atoms with Crippen LogP contribution in [0.15, 0.2) is 42.7 Å². The van der Waals surface area contributed by atoms with Gasteiger partial charge in [0.2, 0.25) is 5.91 Å². The average molecular weight is 339 g/mol. The summed E-state index contributed by atoms with van der Waals surface area (Å²) in [4.78, 5) is 25.7. The van der Waals surface area contributed by atoms with Gasteiger partial charge in [0.05, 0.1) is 0 Å². The summed E-state index contributed by atoms with van der Waals surface area (Å²) < 4.78 is 0. The van der Waals surface area contributed by atoms with Gasteiger partial charge < -0.3 is 15.1 Å². The van der Waals surface area contributed by atoms with Gasteiger partial charge in [0, 0.05) is 44.4 Å². The Bertz CT molecular complexity index is 698. The molecule has 1 aromatic heterocycles. The highest BCUT2D eigenvalue weighted by Crippen LogP contribution is 2.13. The predicted molar refractivity (Wildman–Crippen MR) is 98.4 cm³/mol. The summed E-state index contributed by atoms with van der Waals surface area (Å²) >= 11 is 0. The van der Waals surface area contributed by atoms with E-state index in [4.69, 9.17) is 0 Å². The number of benzene rings is 1. The molecule has 1 atom stereocenters. The molecule has 6 heteroatoms. The molecular formula is C19H25N5O. The fourth-order valence-electron chi connectivity index (χ4n) is 3.01. The SMILES string of the molecule is Cc1cc(NC(Cc2ccccc2)C(=O)N2CCN(C)CC2)ncn1. The summed E-state index contributed by atoms with van der Waals surface area (Å²) in [6.07, 6.45) is 2.16. The Morgan fingerprint density at radius 1 is 1.16 bits per heavy atom. The first-order valence-electron chi connectivity index (χ1n) is 8.68. The standard InChI is InChI=1S/C19H25N5O/c1-15-12-18(21-14-20-15)22-17(13-16-6-4-3-5-7-16)19(25)24-10-8-23(2)9-11-24/h3-7,12,14,17H,8-11,13H2,1-2H3,(H,20,21,22). The van der Waals surface area contributed by atoms with E-state index in [1.54, 1.807) is 0 Å². The van der Waals surface area contributed by atoms with Crippen molar-refractivity contribution in [2.75, 3.05) is 38.5 Å². The van der Waals surface area contributed by atoms with E-state index in [2.05, 4.69) is 39.4 Å². The topological polar surface area (TPSA) is 61.4 Å². The molecule has 1 N–H and O–H groups in total. The Balaban J connectivity index is 1.77. The molecule has 0 spiro atoms. The molecule has 1 aromatic carbocycles. The number of piperazine rings is 1. The molecule has 0 bridgehead atoms. The summed E-state index contributed by atoms with van der Waals surface area (Å²) in [6, 6.07) is 11.6. The molecule has 0 radical (unpaired) electrons. The number of hydrogen-bond donors (Lipinski definition) is 1. The minimum Gasteiger partial charge on any atom is -0.358 e. The predicted octanol–water partition coefficient (Wildman–Crippen LogP) is 1.58. The molecule has 6 nitrogen and oxygen atoms in total. The smallest absolute Gasteiger partial charge is 0.245 e. The van der Waals surface area contributed by atoms with Gasteiger partial charge in [-0.15, -0.1) is 0 Å². The van der Waals surface area contributed by atoms with Crippen LogP contribution in [0.4, 0.5) is 5.82 Å². The number of anilines is 1. The number of carbonyl (C=O) groups excluding carboxylic acids is 1. The molecule has 132 valence electrons. The molecule has 3 rings (SSSR count). The van der Waals surface area contributed by atoms with Crippen LogP contribution in [0.2, 0.25) is 0 Å². The minimum absolute atomic E-state index is 0.133. The van der Waals surface area contributed by atoms with E-state index in [9.17, 15) is 4.79 Å². The normalized spacial score (nSPS) is 16.5. The second kappa shape index (κ2) is 8.07. The number of amides is 1. The second-order valence-electron chi connectivity index (χ2n) is 6.56. The largest absolute Gasteiger partial charge is 0.358 e. The number of nitrogens with one attached hydrogen (secondary N) is 1. The van der Waals surface area contributed by atoms with Crippen LogP contribution in [0.25, 0.3) is 0 Å². The third-order valence-electron chi connectivity index (χ3n) is 4.52. The van der Waals surface area contributed by atoms with E-state index in [0.29, 0.717) is 12.2 Å². The molecule has 1 aliphatic rings. The number of aromatic nitrogens is 2. The quantitative estimate of drug-likeness (QED) is 0.896. The zero-order chi connectivity index (χ0) is 17.6. The van der Waals surface area contributed by atoms with Crippen LogP contribution in [-0.2, 0) is 11.2 Å². The van der Waals surface area contributed by atoms with Crippen molar-refractivity contribution >= 4 is 11.7 Å². The lowest BCUT2D eigenvalue weighted by Gasteiger charge is -2.35. The van der Waals surface area contributed by atoms with Crippen molar-refractivity contribution in [3.8, 4) is 0 Å². The van der Waals surface area contributed by atoms with Crippen molar-refractivity contribution in [3.63, 3.8) is 0 Å². The average Bonchev–Trinajstić information content (AvgIpc) is 2.62. The fourth-order valence-corrected chi connectivity index (χ4v) is 3.01. The number of rotatable bonds is 5. The van der Waals surface area contributed by atoms with Crippen LogP contribution in [0.5, 0.6) is 0 Å². The van der Waals surface area contributed by atoms with E-state index in [-0.39, 0.29) is 11.9 Å². The highest BCUT2D eigenvalue weighted by Gasteiger charge is 2.27. The number of carbonyl (C=O) groups is 1. The van der Waals surface area contributed by atoms with E-state index < -0.39 is 0 Å². The summed E-state index contributed by atoms with van der Waals surface area (Å²) in [6.45, 7) is 5.28. The molecule has 0 aliphatic carbocycles. The third-order valence-corrected chi connectivity index (χ3v) is 4.52. The summed E-state index contributed by atoms with van der Waals surface area (Å²) in [5.41, 5.74) is 2.01. The van der Waals surface area contributed by atoms with Gasteiger partial charge in [-0.05, 0) is 19.5 Å². The van der Waals surface area contributed by atoms with Crippen LogP contribution in [0, 0.1) is 6.92 Å². The molecule has 0 saturated carbocycles. The van der Waals surface area contributed by atoms with Gasteiger partial charge in [0.15, 0.2) is 0 Å². The zero-order valence-electron chi connectivity index (χ0n) is 14.9. The minimum atomic E-state index is -0.333. The molecule has 1 aliphatic heterocycles. The summed E-state index contributed by atoms with van der Waals surface area (Å²) in [7, 11) is 2.09. The number of nitrogens with zero attached hydrogens (tertiary/aromatic N) is 4. The zero-order valence-corrected chi connectivity index (χ0v) is 14.9. The maximum atomic E-state index is 13.1. The molecule has 25 heavy (non-hydrogen) atoms. The number of likely N-dealkylation sites (N-methyl/N-ethyl adjacent to an activating group) is 1. The van der Waals surface area contributed by atoms with Crippen molar-refractivity contribution in [2.24, 2.45) is 0 Å². The highest BCUT2D eigenvalue weighted by atomic mass is 16.2. The Kier molecular flexibility index (Phi) is 5.60. The maximum Gasteiger partial charge on any atom is 0.245 e. The van der Waals surface area contributed by atoms with Crippen LogP contribution in [0.3, 0.4) is 0 Å². The van der Waals surface area contributed by atoms with Gasteiger partial charge in [0.25, 0.3) is 0 Å². The number of aryl methyl sites for hydroxylation is 1. The maximum absolute atomic E-state index is 13.1. The van der Waals surface area contributed by atoms with Crippen LogP contribution in [0.1, 0.15) is 11.3 Å². The Labute approximate surface area is 148 Å². The monoisotopic (exact) mass is 339 g/mol. The summed E-state index contributed by atoms with van der Waals surface area (Å²) in [5.74, 6) is 0.823. The molecule has 1 amide bonds. The second-order valence-corrected chi connectivity index (χ2v) is 6.56. The lowest BCUT2D eigenvalue weighted by atomic mass is 10.0. The lowest BCUT2D eigenvalue weighted by molar-refractivity contribution is -0.133. The van der Waals surface area contributed by atoms with Crippen LogP contribution < -0.4 is 5.32 Å². The van der Waals surface area contributed by atoms with E-state index in [1.807, 2.05) is 36.1 Å². The van der Waals surface area contributed by atoms with Crippen molar-refractivity contribution in [1.29, 1.82) is 0 Å². The van der Waals surface area contributed by atoms with E-state index in [0.717, 1.165) is 37.4 Å². The molecule has 2 heterocycles. The molecule has 1 unspecified atom stereocenters. The number of hydrogen-bond acceptors (Lipinski definition) is 5. The van der Waals surface area contributed by atoms with Crippen LogP contribution >= 0.6 is 0 Å². The van der Waals surface area contributed by atoms with Gasteiger partial charge in [-0.3, -0.25) is 4.79 Å². The van der Waals surface area contributed by atoms with Crippen molar-refractivity contribution in [3.05, 3.63) is 54.0 Å². The Morgan fingerprint density at radius 3 is 2.56 bits per heavy atom. The first-order valence-corrected chi connectivity index (χ1v) is 8.68. The van der Waals surface area contributed by atoms with Crippen molar-refractivity contribution in [1.82, 2.24) is 19.8 Å². The van der Waals surface area contributed by atoms with Crippen LogP contribution in [-0.4, -0.2) is 64.9 Å². The highest BCUT2D eigenvalue weighted by molar-refractivity contribution is 5.85. The summed E-state index contributed by atoms with van der Waals surface area (Å²) in [5, 5.41) is 3.32. The van der Waals surface area contributed by atoms with Gasteiger partial charge in [-0.25, -0.2) is 9.97 Å². The molecule has 2 aromatic rings. The lowest BCUT2D eigenvalue weighted by Crippen LogP contribution is -2.52. The Hall–Kier alpha value is -2.47. The Morgan fingerprint density at radius 2 is 1.88 bits per heavy atom. The molecular weight excluding hydrogens is 314 g/mol. The van der Waals surface area contributed by atoms with Gasteiger partial charge in [-0.2, -0.15) is 0 Å². The third kappa shape index (κ3) is 4.76. The molecule has 1 fully saturated rings. The first kappa shape index (κ1) is 17.4. The van der Waals surface area contributed by atoms with Gasteiger partial charge >= 0.3 is 0 Å².